The molecule has 0 atom stereocenters. The first-order chi connectivity index (χ1) is 13.5. The summed E-state index contributed by atoms with van der Waals surface area (Å²) in [5, 5.41) is 5.04. The van der Waals surface area contributed by atoms with Crippen LogP contribution < -0.4 is 20.1 Å². The third-order valence-electron chi connectivity index (χ3n) is 3.57. The fourth-order valence-electron chi connectivity index (χ4n) is 2.23. The largest absolute Gasteiger partial charge is 0.497 e. The van der Waals surface area contributed by atoms with Crippen LogP contribution in [0.4, 0.5) is 5.69 Å². The van der Waals surface area contributed by atoms with Crippen molar-refractivity contribution in [1.29, 1.82) is 0 Å². The molecule has 0 aromatic heterocycles. The van der Waals surface area contributed by atoms with Crippen LogP contribution in [0.15, 0.2) is 48.5 Å². The van der Waals surface area contributed by atoms with Crippen molar-refractivity contribution >= 4 is 23.5 Å². The van der Waals surface area contributed by atoms with E-state index in [2.05, 4.69) is 10.6 Å². The van der Waals surface area contributed by atoms with Gasteiger partial charge in [-0.05, 0) is 43.3 Å². The second kappa shape index (κ2) is 10.6. The van der Waals surface area contributed by atoms with E-state index in [-0.39, 0.29) is 6.54 Å². The van der Waals surface area contributed by atoms with Crippen LogP contribution in [0.5, 0.6) is 11.5 Å². The molecule has 0 aliphatic heterocycles. The molecule has 2 rings (SSSR count). The highest BCUT2D eigenvalue weighted by Crippen LogP contribution is 2.23. The van der Waals surface area contributed by atoms with Gasteiger partial charge in [0.15, 0.2) is 6.61 Å². The zero-order chi connectivity index (χ0) is 20.4. The summed E-state index contributed by atoms with van der Waals surface area (Å²) in [5.41, 5.74) is 0.858. The lowest BCUT2D eigenvalue weighted by Crippen LogP contribution is -2.32. The fraction of sp³-hybridized carbons (Fsp3) is 0.250. The summed E-state index contributed by atoms with van der Waals surface area (Å²) in [6.07, 6.45) is 0. The van der Waals surface area contributed by atoms with Crippen LogP contribution in [0.3, 0.4) is 0 Å². The molecule has 0 radical (unpaired) electrons. The fourth-order valence-corrected chi connectivity index (χ4v) is 2.23. The number of anilines is 1. The molecule has 148 valence electrons. The van der Waals surface area contributed by atoms with Crippen molar-refractivity contribution in [3.63, 3.8) is 0 Å². The van der Waals surface area contributed by atoms with Crippen molar-refractivity contribution < 1.29 is 28.6 Å². The van der Waals surface area contributed by atoms with E-state index in [1.807, 2.05) is 6.92 Å². The molecule has 0 unspecified atom stereocenters. The number of benzene rings is 2. The number of hydrogen-bond donors (Lipinski definition) is 2. The van der Waals surface area contributed by atoms with Gasteiger partial charge in [0.1, 0.15) is 18.0 Å². The second-order valence-corrected chi connectivity index (χ2v) is 5.55. The normalized spacial score (nSPS) is 9.93. The van der Waals surface area contributed by atoms with E-state index in [0.717, 1.165) is 0 Å². The Bertz CT molecular complexity index is 820. The highest BCUT2D eigenvalue weighted by atomic mass is 16.5. The number of hydrogen-bond acceptors (Lipinski definition) is 6. The topological polar surface area (TPSA) is 103 Å². The maximum atomic E-state index is 12.0. The zero-order valence-electron chi connectivity index (χ0n) is 15.7. The molecule has 0 bridgehead atoms. The first-order valence-corrected chi connectivity index (χ1v) is 8.63. The Morgan fingerprint density at radius 1 is 1.00 bits per heavy atom. The summed E-state index contributed by atoms with van der Waals surface area (Å²) in [6.45, 7) is 1.46. The number of carbonyl (C=O) groups excluding carboxylic acids is 3. The Morgan fingerprint density at radius 2 is 1.71 bits per heavy atom. The number of para-hydroxylation sites is 2. The number of carbonyl (C=O) groups is 3. The van der Waals surface area contributed by atoms with Crippen LogP contribution in [-0.2, 0) is 14.3 Å². The van der Waals surface area contributed by atoms with Gasteiger partial charge in [0.25, 0.3) is 11.8 Å². The van der Waals surface area contributed by atoms with E-state index < -0.39 is 24.4 Å². The van der Waals surface area contributed by atoms with Gasteiger partial charge < -0.3 is 24.8 Å². The van der Waals surface area contributed by atoms with Gasteiger partial charge in [0.2, 0.25) is 0 Å². The van der Waals surface area contributed by atoms with Crippen LogP contribution in [0.2, 0.25) is 0 Å². The van der Waals surface area contributed by atoms with E-state index in [1.165, 1.54) is 7.11 Å². The Balaban J connectivity index is 1.75. The molecule has 0 saturated carbocycles. The molecule has 0 fully saturated rings. The molecule has 0 saturated heterocycles. The quantitative estimate of drug-likeness (QED) is 0.639. The summed E-state index contributed by atoms with van der Waals surface area (Å²) >= 11 is 0. The number of methoxy groups -OCH3 is 1. The summed E-state index contributed by atoms with van der Waals surface area (Å²) in [6, 6.07) is 13.4. The first-order valence-electron chi connectivity index (χ1n) is 8.63. The van der Waals surface area contributed by atoms with E-state index in [9.17, 15) is 14.4 Å². The molecule has 2 N–H and O–H groups in total. The minimum atomic E-state index is -0.727. The summed E-state index contributed by atoms with van der Waals surface area (Å²) in [4.78, 5) is 35.7. The third-order valence-corrected chi connectivity index (χ3v) is 3.57. The molecule has 28 heavy (non-hydrogen) atoms. The zero-order valence-corrected chi connectivity index (χ0v) is 15.7. The van der Waals surface area contributed by atoms with Crippen molar-refractivity contribution in [2.24, 2.45) is 0 Å². The monoisotopic (exact) mass is 386 g/mol. The number of esters is 1. The molecule has 0 heterocycles. The number of amides is 2. The van der Waals surface area contributed by atoms with Crippen molar-refractivity contribution in [2.45, 2.75) is 6.92 Å². The van der Waals surface area contributed by atoms with E-state index in [4.69, 9.17) is 14.2 Å². The Morgan fingerprint density at radius 3 is 2.39 bits per heavy atom. The molecular formula is C20H22N2O6. The predicted octanol–water partition coefficient (Wildman–Crippen LogP) is 2.01. The number of ether oxygens (including phenoxy) is 3. The van der Waals surface area contributed by atoms with Crippen LogP contribution in [0, 0.1) is 0 Å². The van der Waals surface area contributed by atoms with Gasteiger partial charge in [0.05, 0.1) is 19.4 Å². The highest BCUT2D eigenvalue weighted by molar-refractivity contribution is 5.97. The SMILES string of the molecule is CCOc1ccccc1NC(=O)COC(=O)CNC(=O)c1ccc(OC)cc1. The van der Waals surface area contributed by atoms with Crippen LogP contribution >= 0.6 is 0 Å². The van der Waals surface area contributed by atoms with Crippen molar-refractivity contribution in [1.82, 2.24) is 5.32 Å². The average Bonchev–Trinajstić information content (AvgIpc) is 2.72. The third kappa shape index (κ3) is 6.31. The van der Waals surface area contributed by atoms with Gasteiger partial charge in [-0.1, -0.05) is 12.1 Å². The lowest BCUT2D eigenvalue weighted by atomic mass is 10.2. The average molecular weight is 386 g/mol. The van der Waals surface area contributed by atoms with Gasteiger partial charge >= 0.3 is 5.97 Å². The molecule has 0 aliphatic rings. The standard InChI is InChI=1S/C20H22N2O6/c1-3-27-17-7-5-4-6-16(17)22-18(23)13-28-19(24)12-21-20(25)14-8-10-15(26-2)11-9-14/h4-11H,3,12-13H2,1-2H3,(H,21,25)(H,22,23). The molecule has 0 spiro atoms. The summed E-state index contributed by atoms with van der Waals surface area (Å²) < 4.78 is 15.3. The molecule has 2 aromatic rings. The Hall–Kier alpha value is -3.55. The van der Waals surface area contributed by atoms with Crippen molar-refractivity contribution in [3.8, 4) is 11.5 Å². The predicted molar refractivity (Wildman–Crippen MR) is 103 cm³/mol. The van der Waals surface area contributed by atoms with Gasteiger partial charge in [-0.2, -0.15) is 0 Å². The maximum Gasteiger partial charge on any atom is 0.325 e. The first kappa shape index (κ1) is 20.8. The lowest BCUT2D eigenvalue weighted by molar-refractivity contribution is -0.146. The highest BCUT2D eigenvalue weighted by Gasteiger charge is 2.12. The molecule has 0 aliphatic carbocycles. The molecular weight excluding hydrogens is 364 g/mol. The smallest absolute Gasteiger partial charge is 0.325 e. The minimum absolute atomic E-state index is 0.353. The van der Waals surface area contributed by atoms with E-state index in [0.29, 0.717) is 29.4 Å². The Kier molecular flexibility index (Phi) is 7.83. The summed E-state index contributed by atoms with van der Waals surface area (Å²) in [7, 11) is 1.52. The van der Waals surface area contributed by atoms with Crippen molar-refractivity contribution in [2.75, 3.05) is 32.2 Å². The minimum Gasteiger partial charge on any atom is -0.497 e. The molecule has 2 aromatic carbocycles. The summed E-state index contributed by atoms with van der Waals surface area (Å²) in [5.74, 6) is -0.531. The number of rotatable bonds is 9. The van der Waals surface area contributed by atoms with E-state index >= 15 is 0 Å². The second-order valence-electron chi connectivity index (χ2n) is 5.55. The van der Waals surface area contributed by atoms with Gasteiger partial charge in [-0.15, -0.1) is 0 Å². The van der Waals surface area contributed by atoms with Crippen LogP contribution in [0.1, 0.15) is 17.3 Å². The maximum absolute atomic E-state index is 12.0. The van der Waals surface area contributed by atoms with Gasteiger partial charge in [-0.25, -0.2) is 0 Å². The van der Waals surface area contributed by atoms with Crippen LogP contribution in [-0.4, -0.2) is 44.7 Å². The molecule has 8 heteroatoms. The Labute approximate surface area is 162 Å². The van der Waals surface area contributed by atoms with Crippen molar-refractivity contribution in [3.05, 3.63) is 54.1 Å². The van der Waals surface area contributed by atoms with Crippen LogP contribution in [0.25, 0.3) is 0 Å². The molecule has 8 nitrogen and oxygen atoms in total. The van der Waals surface area contributed by atoms with E-state index in [1.54, 1.807) is 48.5 Å². The number of nitrogens with one attached hydrogen (secondary N) is 2. The molecule has 2 amide bonds. The lowest BCUT2D eigenvalue weighted by Gasteiger charge is -2.11. The van der Waals surface area contributed by atoms with Gasteiger partial charge in [-0.3, -0.25) is 14.4 Å². The van der Waals surface area contributed by atoms with Gasteiger partial charge in [0, 0.05) is 5.56 Å².